The first-order valence-corrected chi connectivity index (χ1v) is 9.46. The second-order valence-corrected chi connectivity index (χ2v) is 7.46. The molecule has 28 heavy (non-hydrogen) atoms. The van der Waals surface area contributed by atoms with E-state index in [2.05, 4.69) is 15.3 Å². The number of amides is 1. The molecule has 8 nitrogen and oxygen atoms in total. The first-order valence-electron chi connectivity index (χ1n) is 8.27. The Morgan fingerprint density at radius 2 is 2.04 bits per heavy atom. The number of halogens is 1. The number of benzene rings is 1. The van der Waals surface area contributed by atoms with Gasteiger partial charge in [0.15, 0.2) is 11.5 Å². The molecule has 0 aliphatic rings. The average Bonchev–Trinajstić information content (AvgIpc) is 3.25. The fourth-order valence-corrected chi connectivity index (χ4v) is 3.96. The minimum Gasteiger partial charge on any atom is -0.484 e. The van der Waals surface area contributed by atoms with Gasteiger partial charge in [0.25, 0.3) is 5.91 Å². The second kappa shape index (κ2) is 7.10. The van der Waals surface area contributed by atoms with Crippen LogP contribution >= 0.6 is 22.9 Å². The third-order valence-corrected chi connectivity index (χ3v) is 5.54. The van der Waals surface area contributed by atoms with Gasteiger partial charge in [-0.15, -0.1) is 26.6 Å². The molecule has 0 spiro atoms. The summed E-state index contributed by atoms with van der Waals surface area (Å²) in [5.41, 5.74) is 12.6. The van der Waals surface area contributed by atoms with Gasteiger partial charge in [-0.25, -0.2) is 0 Å². The van der Waals surface area contributed by atoms with Crippen molar-refractivity contribution in [2.45, 2.75) is 13.0 Å². The molecule has 1 atom stereocenters. The van der Waals surface area contributed by atoms with E-state index >= 15 is 0 Å². The van der Waals surface area contributed by atoms with E-state index in [-0.39, 0.29) is 4.88 Å². The number of rotatable bonds is 5. The van der Waals surface area contributed by atoms with E-state index in [1.165, 1.54) is 4.52 Å². The summed E-state index contributed by atoms with van der Waals surface area (Å²) in [5.74, 6) is 0.513. The zero-order valence-corrected chi connectivity index (χ0v) is 16.2. The van der Waals surface area contributed by atoms with Gasteiger partial charge in [0, 0.05) is 16.7 Å². The van der Waals surface area contributed by atoms with Gasteiger partial charge in [-0.2, -0.15) is 4.52 Å². The van der Waals surface area contributed by atoms with E-state index in [0.29, 0.717) is 32.9 Å². The summed E-state index contributed by atoms with van der Waals surface area (Å²) in [7, 11) is 0. The Morgan fingerprint density at radius 1 is 1.25 bits per heavy atom. The molecule has 1 unspecified atom stereocenters. The fraction of sp³-hybridized carbons (Fsp3) is 0.111. The van der Waals surface area contributed by atoms with Gasteiger partial charge in [0.1, 0.15) is 22.5 Å². The number of nitrogens with two attached hydrogens (primary N) is 2. The number of carbonyl (C=O) groups is 1. The number of ether oxygens (including phenoxy) is 1. The molecule has 0 fully saturated rings. The van der Waals surface area contributed by atoms with Gasteiger partial charge in [-0.3, -0.25) is 4.79 Å². The van der Waals surface area contributed by atoms with Gasteiger partial charge in [0.2, 0.25) is 0 Å². The standard InChI is InChI=1S/C18H15ClN6O2S/c1-9(10-4-2-3-5-11(10)19)27-12-8-13(28-16(12)17(21)26)18-23-22-15-7-6-14(20)24-25(15)18/h2-9H,1H3,(H2,20,24)(H2,21,26). The van der Waals surface area contributed by atoms with E-state index in [1.54, 1.807) is 24.3 Å². The predicted octanol–water partition coefficient (Wildman–Crippen LogP) is 3.33. The largest absolute Gasteiger partial charge is 0.484 e. The molecule has 4 rings (SSSR count). The summed E-state index contributed by atoms with van der Waals surface area (Å²) < 4.78 is 7.52. The van der Waals surface area contributed by atoms with Crippen LogP contribution < -0.4 is 16.2 Å². The van der Waals surface area contributed by atoms with Crippen LogP contribution in [0.3, 0.4) is 0 Å². The molecule has 0 aliphatic carbocycles. The normalized spacial score (nSPS) is 12.2. The third kappa shape index (κ3) is 3.25. The lowest BCUT2D eigenvalue weighted by Crippen LogP contribution is -2.12. The maximum absolute atomic E-state index is 12.0. The number of thiophene rings is 1. The molecule has 0 bridgehead atoms. The lowest BCUT2D eigenvalue weighted by Gasteiger charge is -2.16. The van der Waals surface area contributed by atoms with E-state index in [9.17, 15) is 4.79 Å². The lowest BCUT2D eigenvalue weighted by atomic mass is 10.1. The van der Waals surface area contributed by atoms with Crippen LogP contribution in [0.25, 0.3) is 16.3 Å². The number of aromatic nitrogens is 4. The molecule has 3 aromatic heterocycles. The van der Waals surface area contributed by atoms with Crippen LogP contribution in [0.15, 0.2) is 42.5 Å². The molecule has 3 heterocycles. The van der Waals surface area contributed by atoms with Crippen LogP contribution in [0.1, 0.15) is 28.3 Å². The lowest BCUT2D eigenvalue weighted by molar-refractivity contribution is 0.0998. The van der Waals surface area contributed by atoms with Crippen LogP contribution in [0.4, 0.5) is 5.82 Å². The molecule has 4 N–H and O–H groups in total. The first-order chi connectivity index (χ1) is 13.4. The second-order valence-electron chi connectivity index (χ2n) is 6.00. The Bertz CT molecular complexity index is 1190. The van der Waals surface area contributed by atoms with Gasteiger partial charge in [-0.05, 0) is 25.1 Å². The predicted molar refractivity (Wildman–Crippen MR) is 108 cm³/mol. The van der Waals surface area contributed by atoms with Crippen molar-refractivity contribution in [2.24, 2.45) is 5.73 Å². The summed E-state index contributed by atoms with van der Waals surface area (Å²) in [6, 6.07) is 12.4. The highest BCUT2D eigenvalue weighted by molar-refractivity contribution is 7.17. The minimum absolute atomic E-state index is 0.273. The van der Waals surface area contributed by atoms with Gasteiger partial charge in [0.05, 0.1) is 4.88 Å². The topological polar surface area (TPSA) is 121 Å². The van der Waals surface area contributed by atoms with E-state index in [1.807, 2.05) is 25.1 Å². The molecule has 142 valence electrons. The van der Waals surface area contributed by atoms with Crippen molar-refractivity contribution < 1.29 is 9.53 Å². The number of carbonyl (C=O) groups excluding carboxylic acids is 1. The number of hydrogen-bond donors (Lipinski definition) is 2. The number of nitrogens with zero attached hydrogens (tertiary/aromatic N) is 4. The molecule has 4 aromatic rings. The minimum atomic E-state index is -0.598. The molecule has 0 radical (unpaired) electrons. The highest BCUT2D eigenvalue weighted by atomic mass is 35.5. The summed E-state index contributed by atoms with van der Waals surface area (Å²) in [5, 5.41) is 13.0. The fourth-order valence-electron chi connectivity index (χ4n) is 2.76. The number of primary amides is 1. The van der Waals surface area contributed by atoms with Gasteiger partial charge >= 0.3 is 0 Å². The molecule has 1 aromatic carbocycles. The van der Waals surface area contributed by atoms with Crippen molar-refractivity contribution in [1.82, 2.24) is 19.8 Å². The van der Waals surface area contributed by atoms with E-state index in [0.717, 1.165) is 16.9 Å². The number of hydrogen-bond acceptors (Lipinski definition) is 7. The molecule has 10 heteroatoms. The third-order valence-electron chi connectivity index (χ3n) is 4.07. The Labute approximate surface area is 168 Å². The zero-order chi connectivity index (χ0) is 19.8. The Morgan fingerprint density at radius 3 is 2.79 bits per heavy atom. The zero-order valence-electron chi connectivity index (χ0n) is 14.7. The first kappa shape index (κ1) is 18.2. The van der Waals surface area contributed by atoms with Crippen LogP contribution in [0.2, 0.25) is 5.02 Å². The molecule has 0 saturated heterocycles. The summed E-state index contributed by atoms with van der Waals surface area (Å²) in [6.45, 7) is 1.85. The molecular weight excluding hydrogens is 400 g/mol. The monoisotopic (exact) mass is 414 g/mol. The highest BCUT2D eigenvalue weighted by Crippen LogP contribution is 2.38. The average molecular weight is 415 g/mol. The Balaban J connectivity index is 1.75. The highest BCUT2D eigenvalue weighted by Gasteiger charge is 2.22. The van der Waals surface area contributed by atoms with Crippen molar-refractivity contribution in [3.63, 3.8) is 0 Å². The number of anilines is 1. The molecule has 0 aliphatic heterocycles. The molecular formula is C18H15ClN6O2S. The smallest absolute Gasteiger partial charge is 0.262 e. The van der Waals surface area contributed by atoms with E-state index in [4.69, 9.17) is 27.8 Å². The van der Waals surface area contributed by atoms with Crippen molar-refractivity contribution in [3.8, 4) is 16.5 Å². The summed E-state index contributed by atoms with van der Waals surface area (Å²) in [4.78, 5) is 12.9. The maximum atomic E-state index is 12.0. The Hall–Kier alpha value is -3.17. The van der Waals surface area contributed by atoms with Gasteiger partial charge in [-0.1, -0.05) is 29.8 Å². The van der Waals surface area contributed by atoms with Crippen molar-refractivity contribution in [1.29, 1.82) is 0 Å². The van der Waals surface area contributed by atoms with Crippen LogP contribution in [-0.2, 0) is 0 Å². The number of fused-ring (bicyclic) bond motifs is 1. The Kier molecular flexibility index (Phi) is 4.62. The number of nitrogen functional groups attached to an aromatic ring is 1. The van der Waals surface area contributed by atoms with E-state index < -0.39 is 12.0 Å². The summed E-state index contributed by atoms with van der Waals surface area (Å²) in [6.07, 6.45) is -0.391. The summed E-state index contributed by atoms with van der Waals surface area (Å²) >= 11 is 7.39. The van der Waals surface area contributed by atoms with Crippen molar-refractivity contribution >= 4 is 40.3 Å². The van der Waals surface area contributed by atoms with Crippen LogP contribution in [0.5, 0.6) is 5.75 Å². The van der Waals surface area contributed by atoms with Crippen LogP contribution in [-0.4, -0.2) is 25.7 Å². The molecule has 1 amide bonds. The van der Waals surface area contributed by atoms with Crippen LogP contribution in [0, 0.1) is 0 Å². The quantitative estimate of drug-likeness (QED) is 0.516. The SMILES string of the molecule is CC(Oc1cc(-c2nnc3ccc(N)nn23)sc1C(N)=O)c1ccccc1Cl. The van der Waals surface area contributed by atoms with Crippen molar-refractivity contribution in [2.75, 3.05) is 5.73 Å². The van der Waals surface area contributed by atoms with Crippen molar-refractivity contribution in [3.05, 3.63) is 57.9 Å². The van der Waals surface area contributed by atoms with Gasteiger partial charge < -0.3 is 16.2 Å². The molecule has 0 saturated carbocycles. The maximum Gasteiger partial charge on any atom is 0.262 e.